The van der Waals surface area contributed by atoms with Crippen LogP contribution in [0.1, 0.15) is 37.4 Å². The summed E-state index contributed by atoms with van der Waals surface area (Å²) in [6.45, 7) is 2.10. The van der Waals surface area contributed by atoms with E-state index in [0.29, 0.717) is 53.1 Å². The molecule has 1 aliphatic rings. The lowest BCUT2D eigenvalue weighted by molar-refractivity contribution is 0.0254. The van der Waals surface area contributed by atoms with Crippen molar-refractivity contribution in [2.45, 2.75) is 36.7 Å². The minimum absolute atomic E-state index is 0.00867. The Bertz CT molecular complexity index is 1240. The van der Waals surface area contributed by atoms with Crippen LogP contribution in [0.5, 0.6) is 5.75 Å². The Morgan fingerprint density at radius 3 is 2.65 bits per heavy atom. The van der Waals surface area contributed by atoms with Crippen LogP contribution in [0.25, 0.3) is 10.9 Å². The molecular weight excluding hydrogens is 525 g/mol. The molecule has 1 atom stereocenters. The Balaban J connectivity index is 1.33. The Kier molecular flexibility index (Phi) is 9.24. The summed E-state index contributed by atoms with van der Waals surface area (Å²) in [4.78, 5) is 6.51. The number of piperidine rings is 1. The Labute approximate surface area is 223 Å². The molecule has 1 saturated heterocycles. The average molecular weight is 555 g/mol. The number of rotatable bonds is 10. The number of methoxy groups -OCH3 is 1. The van der Waals surface area contributed by atoms with Gasteiger partial charge in [0.1, 0.15) is 11.6 Å². The molecule has 4 rings (SSSR count). The number of halogens is 4. The molecule has 0 unspecified atom stereocenters. The standard InChI is InChI=1S/C27H30ClF3N2O3S/c1-36-18-2-3-22-19(14-18)25(20(28)15-32-22)23(35)4-5-27(16-34)6-8-33(9-7-27)10-11-37-24-13-17(29)12-21(30)26(24)31/h2-3,12-15,23,34-35H,4-11,16H2,1H3/t23-/m1/s1. The highest BCUT2D eigenvalue weighted by Crippen LogP contribution is 2.40. The third kappa shape index (κ3) is 6.52. The monoisotopic (exact) mass is 554 g/mol. The van der Waals surface area contributed by atoms with Gasteiger partial charge in [-0.3, -0.25) is 4.98 Å². The minimum Gasteiger partial charge on any atom is -0.497 e. The van der Waals surface area contributed by atoms with E-state index in [1.165, 1.54) is 6.20 Å². The first-order valence-corrected chi connectivity index (χ1v) is 13.5. The van der Waals surface area contributed by atoms with E-state index in [1.807, 2.05) is 12.1 Å². The van der Waals surface area contributed by atoms with Crippen LogP contribution < -0.4 is 4.74 Å². The fourth-order valence-corrected chi connectivity index (χ4v) is 6.15. The second kappa shape index (κ2) is 12.2. The fraction of sp³-hybridized carbons (Fsp3) is 0.444. The summed E-state index contributed by atoms with van der Waals surface area (Å²) in [6, 6.07) is 6.99. The van der Waals surface area contributed by atoms with Gasteiger partial charge < -0.3 is 19.8 Å². The molecule has 10 heteroatoms. The van der Waals surface area contributed by atoms with Crippen LogP contribution in [-0.4, -0.2) is 59.2 Å². The molecule has 0 aliphatic carbocycles. The van der Waals surface area contributed by atoms with Crippen molar-refractivity contribution in [1.29, 1.82) is 0 Å². The molecule has 1 fully saturated rings. The Morgan fingerprint density at radius 1 is 1.19 bits per heavy atom. The highest BCUT2D eigenvalue weighted by molar-refractivity contribution is 7.99. The summed E-state index contributed by atoms with van der Waals surface area (Å²) in [7, 11) is 1.57. The number of benzene rings is 2. The molecule has 2 heterocycles. The normalized spacial score (nSPS) is 16.7. The van der Waals surface area contributed by atoms with E-state index in [0.717, 1.165) is 49.1 Å². The van der Waals surface area contributed by atoms with Gasteiger partial charge in [-0.15, -0.1) is 11.8 Å². The summed E-state index contributed by atoms with van der Waals surface area (Å²) >= 11 is 7.52. The highest BCUT2D eigenvalue weighted by Gasteiger charge is 2.34. The molecule has 2 aromatic carbocycles. The SMILES string of the molecule is COc1ccc2ncc(Cl)c([C@H](O)CCC3(CO)CCN(CCSc4cc(F)cc(F)c4F)CC3)c2c1. The molecule has 1 aliphatic heterocycles. The molecule has 1 aromatic heterocycles. The van der Waals surface area contributed by atoms with Crippen LogP contribution in [0.3, 0.4) is 0 Å². The molecule has 0 bridgehead atoms. The van der Waals surface area contributed by atoms with Crippen LogP contribution in [0.4, 0.5) is 13.2 Å². The van der Waals surface area contributed by atoms with Gasteiger partial charge in [0, 0.05) is 47.0 Å². The van der Waals surface area contributed by atoms with E-state index in [2.05, 4.69) is 9.88 Å². The van der Waals surface area contributed by atoms with Crippen molar-refractivity contribution in [2.24, 2.45) is 5.41 Å². The van der Waals surface area contributed by atoms with Crippen LogP contribution in [-0.2, 0) is 0 Å². The summed E-state index contributed by atoms with van der Waals surface area (Å²) in [6.07, 6.45) is 3.23. The van der Waals surface area contributed by atoms with Crippen molar-refractivity contribution in [1.82, 2.24) is 9.88 Å². The zero-order valence-corrected chi connectivity index (χ0v) is 22.1. The van der Waals surface area contributed by atoms with E-state index in [9.17, 15) is 23.4 Å². The van der Waals surface area contributed by atoms with Crippen molar-refractivity contribution in [3.05, 3.63) is 64.6 Å². The third-order valence-corrected chi connectivity index (χ3v) is 8.52. The first kappa shape index (κ1) is 28.0. The highest BCUT2D eigenvalue weighted by atomic mass is 35.5. The van der Waals surface area contributed by atoms with Gasteiger partial charge in [0.05, 0.1) is 23.8 Å². The van der Waals surface area contributed by atoms with Crippen molar-refractivity contribution in [3.8, 4) is 5.75 Å². The van der Waals surface area contributed by atoms with Gasteiger partial charge in [-0.1, -0.05) is 11.6 Å². The van der Waals surface area contributed by atoms with E-state index in [1.54, 1.807) is 13.2 Å². The number of likely N-dealkylation sites (tertiary alicyclic amines) is 1. The molecule has 0 spiro atoms. The van der Waals surface area contributed by atoms with Crippen molar-refractivity contribution in [3.63, 3.8) is 0 Å². The van der Waals surface area contributed by atoms with Gasteiger partial charge in [-0.2, -0.15) is 0 Å². The minimum atomic E-state index is -1.18. The van der Waals surface area contributed by atoms with Crippen LogP contribution in [0.15, 0.2) is 41.4 Å². The van der Waals surface area contributed by atoms with E-state index in [4.69, 9.17) is 16.3 Å². The summed E-state index contributed by atoms with van der Waals surface area (Å²) in [5, 5.41) is 22.5. The lowest BCUT2D eigenvalue weighted by Crippen LogP contribution is -2.43. The molecule has 5 nitrogen and oxygen atoms in total. The number of ether oxygens (including phenoxy) is 1. The molecule has 37 heavy (non-hydrogen) atoms. The third-order valence-electron chi connectivity index (χ3n) is 7.23. The smallest absolute Gasteiger partial charge is 0.172 e. The first-order valence-electron chi connectivity index (χ1n) is 12.2. The predicted molar refractivity (Wildman–Crippen MR) is 140 cm³/mol. The van der Waals surface area contributed by atoms with E-state index >= 15 is 0 Å². The number of fused-ring (bicyclic) bond motifs is 1. The molecular formula is C27H30ClF3N2O3S. The quantitative estimate of drug-likeness (QED) is 0.237. The first-order chi connectivity index (χ1) is 17.7. The van der Waals surface area contributed by atoms with Crippen LogP contribution in [0, 0.1) is 22.9 Å². The van der Waals surface area contributed by atoms with Gasteiger partial charge in [-0.25, -0.2) is 13.2 Å². The van der Waals surface area contributed by atoms with Gasteiger partial charge in [-0.05, 0) is 68.5 Å². The number of thioether (sulfide) groups is 1. The number of aliphatic hydroxyl groups excluding tert-OH is 2. The average Bonchev–Trinajstić information content (AvgIpc) is 2.90. The number of hydrogen-bond donors (Lipinski definition) is 2. The summed E-state index contributed by atoms with van der Waals surface area (Å²) < 4.78 is 46.0. The topological polar surface area (TPSA) is 65.8 Å². The van der Waals surface area contributed by atoms with Crippen LogP contribution in [0.2, 0.25) is 5.02 Å². The van der Waals surface area contributed by atoms with Gasteiger partial charge in [0.15, 0.2) is 11.6 Å². The maximum Gasteiger partial charge on any atom is 0.172 e. The zero-order chi connectivity index (χ0) is 26.6. The number of nitrogens with zero attached hydrogens (tertiary/aromatic N) is 2. The second-order valence-corrected chi connectivity index (χ2v) is 11.0. The number of aromatic nitrogens is 1. The molecule has 0 saturated carbocycles. The molecule has 0 amide bonds. The lowest BCUT2D eigenvalue weighted by atomic mass is 9.74. The van der Waals surface area contributed by atoms with Crippen LogP contribution >= 0.6 is 23.4 Å². The van der Waals surface area contributed by atoms with Crippen molar-refractivity contribution in [2.75, 3.05) is 39.1 Å². The fourth-order valence-electron chi connectivity index (χ4n) is 4.88. The Hall–Kier alpha value is -2.04. The molecule has 2 N–H and O–H groups in total. The Morgan fingerprint density at radius 2 is 1.95 bits per heavy atom. The van der Waals surface area contributed by atoms with E-state index < -0.39 is 23.6 Å². The van der Waals surface area contributed by atoms with Gasteiger partial charge in [0.25, 0.3) is 0 Å². The van der Waals surface area contributed by atoms with Crippen molar-refractivity contribution < 1.29 is 28.1 Å². The maximum atomic E-state index is 13.9. The largest absolute Gasteiger partial charge is 0.497 e. The maximum absolute atomic E-state index is 13.9. The van der Waals surface area contributed by atoms with E-state index in [-0.39, 0.29) is 16.9 Å². The van der Waals surface area contributed by atoms with Gasteiger partial charge in [0.2, 0.25) is 0 Å². The molecule has 3 aromatic rings. The lowest BCUT2D eigenvalue weighted by Gasteiger charge is -2.41. The molecule has 0 radical (unpaired) electrons. The summed E-state index contributed by atoms with van der Waals surface area (Å²) in [5.41, 5.74) is 0.993. The molecule has 200 valence electrons. The number of pyridine rings is 1. The van der Waals surface area contributed by atoms with Gasteiger partial charge >= 0.3 is 0 Å². The predicted octanol–water partition coefficient (Wildman–Crippen LogP) is 5.99. The second-order valence-electron chi connectivity index (χ2n) is 9.51. The zero-order valence-electron chi connectivity index (χ0n) is 20.5. The number of hydrogen-bond acceptors (Lipinski definition) is 6. The summed E-state index contributed by atoms with van der Waals surface area (Å²) in [5.74, 6) is -1.87. The van der Waals surface area contributed by atoms with Crippen molar-refractivity contribution >= 4 is 34.3 Å². The number of aliphatic hydroxyl groups is 2.